The highest BCUT2D eigenvalue weighted by Crippen LogP contribution is 2.26. The number of rotatable bonds is 8. The molecule has 1 aromatic heterocycles. The van der Waals surface area contributed by atoms with Crippen LogP contribution in [-0.4, -0.2) is 27.6 Å². The van der Waals surface area contributed by atoms with E-state index in [1.165, 1.54) is 21.4 Å². The summed E-state index contributed by atoms with van der Waals surface area (Å²) in [7, 11) is 1.73. The van der Waals surface area contributed by atoms with E-state index >= 15 is 0 Å². The highest BCUT2D eigenvalue weighted by atomic mass is 35.5. The molecule has 158 valence electrons. The van der Waals surface area contributed by atoms with E-state index in [0.29, 0.717) is 29.5 Å². The summed E-state index contributed by atoms with van der Waals surface area (Å²) in [6.45, 7) is 6.23. The molecule has 0 saturated carbocycles. The summed E-state index contributed by atoms with van der Waals surface area (Å²) in [4.78, 5) is 13.0. The molecule has 0 bridgehead atoms. The number of aromatic nitrogens is 2. The van der Waals surface area contributed by atoms with Gasteiger partial charge in [0.1, 0.15) is 5.75 Å². The first-order chi connectivity index (χ1) is 14.4. The van der Waals surface area contributed by atoms with Crippen LogP contribution < -0.4 is 10.1 Å². The number of carbonyl (C=O) groups excluding carboxylic acids is 1. The lowest BCUT2D eigenvalue weighted by atomic mass is 10.00. The van der Waals surface area contributed by atoms with Crippen molar-refractivity contribution in [3.8, 4) is 11.5 Å². The Balaban J connectivity index is 1.76. The van der Waals surface area contributed by atoms with Crippen molar-refractivity contribution in [1.82, 2.24) is 15.1 Å². The second kappa shape index (κ2) is 9.81. The number of hydrogen-bond donors (Lipinski definition) is 1. The summed E-state index contributed by atoms with van der Waals surface area (Å²) in [6.07, 6.45) is 3.13. The Morgan fingerprint density at radius 2 is 2.03 bits per heavy atom. The standard InChI is InChI=1S/C24H28ClN3O2/c1-5-18-7-6-8-21(12-18)30-22-15-26-28(4)23(22)24(29)27-20(14-25)13-19-10-9-16(2)11-17(19)3/h6-12,15,20H,5,13-14H2,1-4H3,(H,27,29). The van der Waals surface area contributed by atoms with Gasteiger partial charge in [-0.25, -0.2) is 0 Å². The smallest absolute Gasteiger partial charge is 0.273 e. The Labute approximate surface area is 183 Å². The minimum absolute atomic E-state index is 0.202. The Hall–Kier alpha value is -2.79. The second-order valence-corrected chi connectivity index (χ2v) is 7.85. The highest BCUT2D eigenvalue weighted by molar-refractivity contribution is 6.18. The predicted octanol–water partition coefficient (Wildman–Crippen LogP) is 4.97. The molecule has 1 heterocycles. The van der Waals surface area contributed by atoms with E-state index in [1.807, 2.05) is 24.3 Å². The first-order valence-electron chi connectivity index (χ1n) is 10.1. The zero-order chi connectivity index (χ0) is 21.7. The number of aryl methyl sites for hydroxylation is 4. The van der Waals surface area contributed by atoms with Gasteiger partial charge in [-0.2, -0.15) is 5.10 Å². The highest BCUT2D eigenvalue weighted by Gasteiger charge is 2.22. The third kappa shape index (κ3) is 5.22. The van der Waals surface area contributed by atoms with Gasteiger partial charge in [0, 0.05) is 19.0 Å². The van der Waals surface area contributed by atoms with Gasteiger partial charge in [0.05, 0.1) is 6.20 Å². The van der Waals surface area contributed by atoms with Crippen LogP contribution >= 0.6 is 11.6 Å². The number of benzene rings is 2. The normalized spacial score (nSPS) is 11.9. The summed E-state index contributed by atoms with van der Waals surface area (Å²) in [5.41, 5.74) is 5.11. The maximum absolute atomic E-state index is 13.0. The lowest BCUT2D eigenvalue weighted by Gasteiger charge is -2.18. The number of nitrogens with zero attached hydrogens (tertiary/aromatic N) is 2. The maximum atomic E-state index is 13.0. The van der Waals surface area contributed by atoms with E-state index in [2.05, 4.69) is 49.4 Å². The van der Waals surface area contributed by atoms with Crippen molar-refractivity contribution in [3.05, 3.63) is 76.6 Å². The Morgan fingerprint density at radius 3 is 2.73 bits per heavy atom. The van der Waals surface area contributed by atoms with Crippen molar-refractivity contribution in [1.29, 1.82) is 0 Å². The molecule has 1 N–H and O–H groups in total. The van der Waals surface area contributed by atoms with Gasteiger partial charge in [0.2, 0.25) is 0 Å². The maximum Gasteiger partial charge on any atom is 0.273 e. The lowest BCUT2D eigenvalue weighted by Crippen LogP contribution is -2.39. The third-order valence-electron chi connectivity index (χ3n) is 5.14. The molecule has 0 spiro atoms. The molecule has 0 radical (unpaired) electrons. The van der Waals surface area contributed by atoms with Gasteiger partial charge in [0.25, 0.3) is 5.91 Å². The van der Waals surface area contributed by atoms with Gasteiger partial charge in [-0.3, -0.25) is 9.48 Å². The number of halogens is 1. The molecular weight excluding hydrogens is 398 g/mol. The summed E-state index contributed by atoms with van der Waals surface area (Å²) in [5, 5.41) is 7.25. The average molecular weight is 426 g/mol. The minimum Gasteiger partial charge on any atom is -0.453 e. The van der Waals surface area contributed by atoms with Crippen LogP contribution in [0.4, 0.5) is 0 Å². The van der Waals surface area contributed by atoms with E-state index in [-0.39, 0.29) is 11.9 Å². The number of ether oxygens (including phenoxy) is 1. The van der Waals surface area contributed by atoms with E-state index in [0.717, 1.165) is 12.0 Å². The first kappa shape index (κ1) is 21.9. The van der Waals surface area contributed by atoms with Crippen molar-refractivity contribution < 1.29 is 9.53 Å². The topological polar surface area (TPSA) is 56.2 Å². The van der Waals surface area contributed by atoms with Crippen molar-refractivity contribution in [3.63, 3.8) is 0 Å². The van der Waals surface area contributed by atoms with Crippen LogP contribution in [0.1, 0.15) is 39.7 Å². The van der Waals surface area contributed by atoms with Crippen molar-refractivity contribution >= 4 is 17.5 Å². The van der Waals surface area contributed by atoms with Crippen LogP contribution in [-0.2, 0) is 19.9 Å². The molecule has 3 rings (SSSR count). The van der Waals surface area contributed by atoms with Crippen molar-refractivity contribution in [2.24, 2.45) is 7.05 Å². The fraction of sp³-hybridized carbons (Fsp3) is 0.333. The molecule has 0 aliphatic rings. The fourth-order valence-electron chi connectivity index (χ4n) is 3.45. The average Bonchev–Trinajstić information content (AvgIpc) is 3.09. The monoisotopic (exact) mass is 425 g/mol. The molecule has 0 fully saturated rings. The number of nitrogens with one attached hydrogen (secondary N) is 1. The predicted molar refractivity (Wildman–Crippen MR) is 121 cm³/mol. The lowest BCUT2D eigenvalue weighted by molar-refractivity contribution is 0.0928. The Kier molecular flexibility index (Phi) is 7.16. The Bertz CT molecular complexity index is 1030. The summed E-state index contributed by atoms with van der Waals surface area (Å²) < 4.78 is 7.51. The number of alkyl halides is 1. The molecule has 0 aliphatic heterocycles. The third-order valence-corrected chi connectivity index (χ3v) is 5.51. The number of hydrogen-bond acceptors (Lipinski definition) is 3. The SMILES string of the molecule is CCc1cccc(Oc2cnn(C)c2C(=O)NC(CCl)Cc2ccc(C)cc2C)c1. The van der Waals surface area contributed by atoms with E-state index < -0.39 is 0 Å². The van der Waals surface area contributed by atoms with Gasteiger partial charge >= 0.3 is 0 Å². The van der Waals surface area contributed by atoms with Crippen LogP contribution in [0.2, 0.25) is 0 Å². The molecule has 1 atom stereocenters. The van der Waals surface area contributed by atoms with Crippen LogP contribution in [0.25, 0.3) is 0 Å². The molecule has 1 amide bonds. The van der Waals surface area contributed by atoms with Gasteiger partial charge < -0.3 is 10.1 Å². The van der Waals surface area contributed by atoms with Gasteiger partial charge in [-0.05, 0) is 55.5 Å². The zero-order valence-corrected chi connectivity index (χ0v) is 18.7. The molecule has 3 aromatic rings. The summed E-state index contributed by atoms with van der Waals surface area (Å²) in [5.74, 6) is 1.15. The largest absolute Gasteiger partial charge is 0.453 e. The molecule has 0 saturated heterocycles. The minimum atomic E-state index is -0.257. The molecule has 1 unspecified atom stereocenters. The quantitative estimate of drug-likeness (QED) is 0.518. The van der Waals surface area contributed by atoms with E-state index in [1.54, 1.807) is 13.2 Å². The fourth-order valence-corrected chi connectivity index (χ4v) is 3.63. The van der Waals surface area contributed by atoms with Gasteiger partial charge in [0.15, 0.2) is 11.4 Å². The zero-order valence-electron chi connectivity index (χ0n) is 17.9. The Morgan fingerprint density at radius 1 is 1.23 bits per heavy atom. The van der Waals surface area contributed by atoms with Crippen molar-refractivity contribution in [2.75, 3.05) is 5.88 Å². The van der Waals surface area contributed by atoms with Crippen LogP contribution in [0, 0.1) is 13.8 Å². The number of amides is 1. The number of carbonyl (C=O) groups is 1. The molecule has 2 aromatic carbocycles. The van der Waals surface area contributed by atoms with E-state index in [9.17, 15) is 4.79 Å². The van der Waals surface area contributed by atoms with Gasteiger partial charge in [-0.15, -0.1) is 11.6 Å². The van der Waals surface area contributed by atoms with Crippen LogP contribution in [0.15, 0.2) is 48.7 Å². The second-order valence-electron chi connectivity index (χ2n) is 7.54. The van der Waals surface area contributed by atoms with E-state index in [4.69, 9.17) is 16.3 Å². The summed E-state index contributed by atoms with van der Waals surface area (Å²) in [6, 6.07) is 13.9. The molecule has 6 heteroatoms. The molecular formula is C24H28ClN3O2. The molecule has 5 nitrogen and oxygen atoms in total. The molecule has 30 heavy (non-hydrogen) atoms. The van der Waals surface area contributed by atoms with Crippen LogP contribution in [0.5, 0.6) is 11.5 Å². The summed E-state index contributed by atoms with van der Waals surface area (Å²) >= 11 is 6.18. The van der Waals surface area contributed by atoms with Crippen molar-refractivity contribution in [2.45, 2.75) is 39.7 Å². The van der Waals surface area contributed by atoms with Crippen LogP contribution in [0.3, 0.4) is 0 Å². The molecule has 0 aliphatic carbocycles. The van der Waals surface area contributed by atoms with Gasteiger partial charge in [-0.1, -0.05) is 42.8 Å². The first-order valence-corrected chi connectivity index (χ1v) is 10.7.